The smallest absolute Gasteiger partial charge is 0.384 e. The van der Waals surface area contributed by atoms with Crippen molar-refractivity contribution >= 4 is 24.8 Å². The molecule has 3 N–H and O–H groups in total. The molecule has 0 fully saturated rings. The number of nitrogen functional groups attached to an aromatic ring is 1. The number of nitrogens with two attached hydrogens (primary N) is 1. The molecule has 10 nitrogen and oxygen atoms in total. The summed E-state index contributed by atoms with van der Waals surface area (Å²) < 4.78 is 27.5. The van der Waals surface area contributed by atoms with E-state index in [9.17, 15) is 9.46 Å². The van der Waals surface area contributed by atoms with Gasteiger partial charge in [-0.3, -0.25) is 9.05 Å². The molecular weight excluding hydrogens is 313 g/mol. The van der Waals surface area contributed by atoms with Crippen molar-refractivity contribution in [3.05, 3.63) is 12.7 Å². The number of phosphoric acid groups is 1. The fourth-order valence-electron chi connectivity index (χ4n) is 1.95. The minimum atomic E-state index is -4.02. The van der Waals surface area contributed by atoms with Gasteiger partial charge in [-0.05, 0) is 0 Å². The first-order valence-electron chi connectivity index (χ1n) is 6.40. The molecule has 2 rings (SSSR count). The molecule has 122 valence electrons. The van der Waals surface area contributed by atoms with Crippen molar-refractivity contribution in [1.29, 1.82) is 0 Å². The molecule has 0 bridgehead atoms. The number of fused-ring (bicyclic) bond motifs is 1. The van der Waals surface area contributed by atoms with Crippen LogP contribution in [0.3, 0.4) is 0 Å². The Bertz CT molecular complexity index is 678. The van der Waals surface area contributed by atoms with E-state index in [4.69, 9.17) is 15.0 Å². The molecule has 2 unspecified atom stereocenters. The number of methoxy groups -OCH3 is 1. The second-order valence-electron chi connectivity index (χ2n) is 4.60. The number of hydrogen-bond acceptors (Lipinski definition) is 8. The lowest BCUT2D eigenvalue weighted by Gasteiger charge is -2.18. The van der Waals surface area contributed by atoms with Gasteiger partial charge in [0.1, 0.15) is 11.8 Å². The van der Waals surface area contributed by atoms with Crippen LogP contribution in [0.25, 0.3) is 11.2 Å². The van der Waals surface area contributed by atoms with Crippen LogP contribution in [0.1, 0.15) is 0 Å². The Balaban J connectivity index is 2.12. The number of rotatable bonds is 8. The molecule has 0 amide bonds. The molecule has 0 spiro atoms. The Labute approximate surface area is 126 Å². The van der Waals surface area contributed by atoms with Crippen LogP contribution in [0.2, 0.25) is 0 Å². The largest absolute Gasteiger partial charge is 0.471 e. The van der Waals surface area contributed by atoms with Crippen molar-refractivity contribution in [1.82, 2.24) is 19.5 Å². The van der Waals surface area contributed by atoms with Crippen molar-refractivity contribution in [3.8, 4) is 0 Å². The highest BCUT2D eigenvalue weighted by Crippen LogP contribution is 2.42. The lowest BCUT2D eigenvalue weighted by atomic mass is 10.2. The van der Waals surface area contributed by atoms with Crippen molar-refractivity contribution < 1.29 is 23.2 Å². The summed E-state index contributed by atoms with van der Waals surface area (Å²) in [7, 11) is -1.38. The summed E-state index contributed by atoms with van der Waals surface area (Å²) in [6, 6.07) is 0. The van der Waals surface area contributed by atoms with Crippen LogP contribution >= 0.6 is 7.82 Å². The zero-order valence-electron chi connectivity index (χ0n) is 12.2. The molecule has 0 aliphatic rings. The van der Waals surface area contributed by atoms with Crippen LogP contribution < -0.4 is 5.73 Å². The molecule has 0 aromatic carbocycles. The van der Waals surface area contributed by atoms with E-state index < -0.39 is 7.82 Å². The van der Waals surface area contributed by atoms with E-state index in [-0.39, 0.29) is 12.5 Å². The number of hydrogen-bond donors (Lipinski definition) is 2. The number of anilines is 1. The van der Waals surface area contributed by atoms with Gasteiger partial charge in [-0.1, -0.05) is 0 Å². The minimum Gasteiger partial charge on any atom is -0.384 e. The van der Waals surface area contributed by atoms with Gasteiger partial charge in [-0.25, -0.2) is 19.5 Å². The van der Waals surface area contributed by atoms with Gasteiger partial charge in [0.2, 0.25) is 0 Å². The number of phosphoric ester groups is 1. The summed E-state index contributed by atoms with van der Waals surface area (Å²) in [4.78, 5) is 21.5. The molecule has 0 aliphatic heterocycles. The highest BCUT2D eigenvalue weighted by Gasteiger charge is 2.22. The summed E-state index contributed by atoms with van der Waals surface area (Å²) in [6.07, 6.45) is 2.93. The predicted molar refractivity (Wildman–Crippen MR) is 77.9 cm³/mol. The van der Waals surface area contributed by atoms with Gasteiger partial charge in [0, 0.05) is 26.7 Å². The zero-order chi connectivity index (χ0) is 16.2. The lowest BCUT2D eigenvalue weighted by molar-refractivity contribution is 0.0881. The second-order valence-corrected chi connectivity index (χ2v) is 6.16. The van der Waals surface area contributed by atoms with Crippen LogP contribution in [0.15, 0.2) is 12.7 Å². The summed E-state index contributed by atoms with van der Waals surface area (Å²) in [6.45, 7) is 0.726. The lowest BCUT2D eigenvalue weighted by Crippen LogP contribution is -2.21. The number of nitrogens with zero attached hydrogens (tertiary/aromatic N) is 4. The topological polar surface area (TPSA) is 135 Å². The van der Waals surface area contributed by atoms with Crippen molar-refractivity contribution in [3.63, 3.8) is 0 Å². The standard InChI is InChI=1S/C11H18N5O5P/c1-19-4-8(5-21-22(17,18)20-2)3-16-7-15-9-10(12)13-6-14-11(9)16/h6-8H,3-5H2,1-2H3,(H,17,18)(H2,12,13,14). The van der Waals surface area contributed by atoms with Crippen molar-refractivity contribution in [2.75, 3.05) is 33.2 Å². The number of imidazole rings is 1. The third kappa shape index (κ3) is 3.99. The molecule has 0 aliphatic carbocycles. The fourth-order valence-corrected chi connectivity index (χ4v) is 2.46. The second kappa shape index (κ2) is 7.12. The molecule has 0 radical (unpaired) electrons. The van der Waals surface area contributed by atoms with Gasteiger partial charge in [-0.2, -0.15) is 0 Å². The summed E-state index contributed by atoms with van der Waals surface area (Å²) in [5.41, 5.74) is 6.81. The first-order chi connectivity index (χ1) is 10.5. The molecule has 0 saturated carbocycles. The van der Waals surface area contributed by atoms with E-state index in [0.717, 1.165) is 7.11 Å². The highest BCUT2D eigenvalue weighted by molar-refractivity contribution is 7.47. The van der Waals surface area contributed by atoms with E-state index in [1.54, 1.807) is 10.9 Å². The SMILES string of the molecule is COCC(COP(=O)(O)OC)Cn1cnc2c(N)ncnc21. The Hall–Kier alpha value is -1.58. The van der Waals surface area contributed by atoms with Gasteiger partial charge in [-0.15, -0.1) is 0 Å². The maximum Gasteiger partial charge on any atom is 0.471 e. The molecular formula is C11H18N5O5P. The van der Waals surface area contributed by atoms with Gasteiger partial charge in [0.15, 0.2) is 11.5 Å². The van der Waals surface area contributed by atoms with Gasteiger partial charge < -0.3 is 19.9 Å². The molecule has 2 aromatic rings. The fraction of sp³-hybridized carbons (Fsp3) is 0.545. The maximum atomic E-state index is 11.4. The van der Waals surface area contributed by atoms with E-state index in [1.807, 2.05) is 0 Å². The van der Waals surface area contributed by atoms with Crippen LogP contribution in [0.5, 0.6) is 0 Å². The van der Waals surface area contributed by atoms with E-state index in [1.165, 1.54) is 13.4 Å². The average Bonchev–Trinajstić information content (AvgIpc) is 2.90. The normalized spacial score (nSPS) is 15.8. The van der Waals surface area contributed by atoms with Gasteiger partial charge in [0.05, 0.1) is 19.5 Å². The average molecular weight is 331 g/mol. The van der Waals surface area contributed by atoms with Gasteiger partial charge in [0.25, 0.3) is 0 Å². The molecule has 2 heterocycles. The van der Waals surface area contributed by atoms with Crippen molar-refractivity contribution in [2.45, 2.75) is 6.54 Å². The molecule has 2 aromatic heterocycles. The Morgan fingerprint density at radius 3 is 2.82 bits per heavy atom. The summed E-state index contributed by atoms with van der Waals surface area (Å²) in [5.74, 6) is 0.0942. The maximum absolute atomic E-state index is 11.4. The third-order valence-electron chi connectivity index (χ3n) is 2.99. The summed E-state index contributed by atoms with van der Waals surface area (Å²) in [5, 5.41) is 0. The highest BCUT2D eigenvalue weighted by atomic mass is 31.2. The van der Waals surface area contributed by atoms with Crippen LogP contribution in [-0.2, 0) is 24.9 Å². The van der Waals surface area contributed by atoms with Crippen LogP contribution in [0.4, 0.5) is 5.82 Å². The van der Waals surface area contributed by atoms with E-state index in [2.05, 4.69) is 19.5 Å². The minimum absolute atomic E-state index is 0.0182. The monoisotopic (exact) mass is 331 g/mol. The first kappa shape index (κ1) is 16.8. The predicted octanol–water partition coefficient (Wildman–Crippen LogP) is 0.434. The number of ether oxygens (including phenoxy) is 1. The Morgan fingerprint density at radius 2 is 2.14 bits per heavy atom. The molecule has 0 saturated heterocycles. The van der Waals surface area contributed by atoms with Crippen LogP contribution in [-0.4, -0.2) is 51.8 Å². The molecule has 2 atom stereocenters. The third-order valence-corrected chi connectivity index (χ3v) is 3.93. The Morgan fingerprint density at radius 1 is 1.36 bits per heavy atom. The Kier molecular flexibility index (Phi) is 5.43. The van der Waals surface area contributed by atoms with E-state index >= 15 is 0 Å². The summed E-state index contributed by atoms with van der Waals surface area (Å²) >= 11 is 0. The number of aromatic nitrogens is 4. The van der Waals surface area contributed by atoms with Crippen molar-refractivity contribution in [2.24, 2.45) is 5.92 Å². The van der Waals surface area contributed by atoms with Gasteiger partial charge >= 0.3 is 7.82 Å². The molecule has 22 heavy (non-hydrogen) atoms. The first-order valence-corrected chi connectivity index (χ1v) is 7.89. The van der Waals surface area contributed by atoms with E-state index in [0.29, 0.717) is 30.1 Å². The molecule has 11 heteroatoms. The van der Waals surface area contributed by atoms with Crippen LogP contribution in [0, 0.1) is 5.92 Å². The quantitative estimate of drug-likeness (QED) is 0.660. The zero-order valence-corrected chi connectivity index (χ0v) is 13.1.